The van der Waals surface area contributed by atoms with E-state index in [1.54, 1.807) is 27.7 Å². The molecule has 45 heavy (non-hydrogen) atoms. The molecule has 4 heterocycles. The number of amides is 2. The Hall–Kier alpha value is -4.73. The average Bonchev–Trinajstić information content (AvgIpc) is 3.62. The Morgan fingerprint density at radius 2 is 1.36 bits per heavy atom. The molecule has 2 aromatic rings. The van der Waals surface area contributed by atoms with Gasteiger partial charge in [-0.15, -0.1) is 0 Å². The summed E-state index contributed by atoms with van der Waals surface area (Å²) in [6.07, 6.45) is 7.46. The van der Waals surface area contributed by atoms with Crippen molar-refractivity contribution in [1.82, 2.24) is 15.3 Å². The summed E-state index contributed by atoms with van der Waals surface area (Å²) in [6.45, 7) is 14.7. The van der Waals surface area contributed by atoms with Gasteiger partial charge in [0.2, 0.25) is 0 Å². The number of aromatic nitrogens is 2. The van der Waals surface area contributed by atoms with Gasteiger partial charge in [0, 0.05) is 38.9 Å². The summed E-state index contributed by atoms with van der Waals surface area (Å²) < 4.78 is 0. The van der Waals surface area contributed by atoms with Gasteiger partial charge in [0.05, 0.1) is 17.5 Å². The van der Waals surface area contributed by atoms with Gasteiger partial charge in [0.1, 0.15) is 0 Å². The number of aliphatic imine (C=N–C) groups is 1. The van der Waals surface area contributed by atoms with Crippen LogP contribution in [0.1, 0.15) is 88.0 Å². The van der Waals surface area contributed by atoms with Crippen LogP contribution in [0.2, 0.25) is 0 Å². The molecule has 2 aliphatic heterocycles. The van der Waals surface area contributed by atoms with Crippen molar-refractivity contribution in [2.45, 2.75) is 81.1 Å². The van der Waals surface area contributed by atoms with E-state index in [4.69, 9.17) is 0 Å². The second-order valence-corrected chi connectivity index (χ2v) is 12.0. The number of H-pyrrole nitrogens is 2. The molecule has 2 aromatic heterocycles. The first-order chi connectivity index (χ1) is 21.2. The number of carbonyl (C=O) groups is 4. The third kappa shape index (κ3) is 6.55. The van der Waals surface area contributed by atoms with Crippen LogP contribution in [0.3, 0.4) is 0 Å². The van der Waals surface area contributed by atoms with Crippen LogP contribution in [0.15, 0.2) is 33.0 Å². The van der Waals surface area contributed by atoms with E-state index in [2.05, 4.69) is 20.3 Å². The summed E-state index contributed by atoms with van der Waals surface area (Å²) in [4.78, 5) is 59.6. The summed E-state index contributed by atoms with van der Waals surface area (Å²) >= 11 is 0. The summed E-state index contributed by atoms with van der Waals surface area (Å²) in [5.41, 5.74) is 9.14. The van der Waals surface area contributed by atoms with Crippen LogP contribution in [-0.2, 0) is 32.0 Å². The van der Waals surface area contributed by atoms with Crippen LogP contribution in [-0.4, -0.2) is 49.6 Å². The highest BCUT2D eigenvalue weighted by Gasteiger charge is 2.25. The minimum atomic E-state index is -0.918. The molecule has 0 aliphatic carbocycles. The molecule has 2 atom stereocenters. The second-order valence-electron chi connectivity index (χ2n) is 12.0. The SMILES string of the molecule is CCC1=C(C)C(=O)N=C1/C=c1\[nH]/c(=C\c2[nH]c(/C=C3\NC(=O)C(C)=C3CC)c(C)c2CC(C)C(=O)O)c(CC(C)C(=O)O)c1C. The van der Waals surface area contributed by atoms with Crippen molar-refractivity contribution in [1.29, 1.82) is 0 Å². The molecule has 5 N–H and O–H groups in total. The zero-order chi connectivity index (χ0) is 33.3. The Kier molecular flexibility index (Phi) is 9.65. The zero-order valence-corrected chi connectivity index (χ0v) is 27.2. The largest absolute Gasteiger partial charge is 0.481 e. The van der Waals surface area contributed by atoms with Crippen molar-refractivity contribution < 1.29 is 29.4 Å². The molecule has 2 unspecified atom stereocenters. The average molecular weight is 615 g/mol. The molecule has 10 heteroatoms. The Morgan fingerprint density at radius 1 is 0.756 bits per heavy atom. The third-order valence-electron chi connectivity index (χ3n) is 9.00. The van der Waals surface area contributed by atoms with Crippen LogP contribution in [0.25, 0.3) is 18.2 Å². The van der Waals surface area contributed by atoms with Gasteiger partial charge in [0.15, 0.2) is 0 Å². The van der Waals surface area contributed by atoms with Crippen LogP contribution in [0.5, 0.6) is 0 Å². The fraction of sp³-hybridized carbons (Fsp3) is 0.400. The van der Waals surface area contributed by atoms with Crippen molar-refractivity contribution in [3.63, 3.8) is 0 Å². The van der Waals surface area contributed by atoms with E-state index >= 15 is 0 Å². The molecule has 4 rings (SSSR count). The standard InChI is InChI=1S/C35H42N4O6/c1-9-22-20(7)32(40)38-28(22)13-26-18(5)24(11-16(3)34(42)43)30(36-26)15-31-25(12-17(4)35(44)45)19(6)27(37-31)14-29-23(10-2)21(8)33(41)39-29/h13-17,36-37H,9-12H2,1-8H3,(H,38,40)(H,42,43)(H,44,45)/b27-14-,28-13-,31-15-. The van der Waals surface area contributed by atoms with Crippen LogP contribution < -0.4 is 16.0 Å². The van der Waals surface area contributed by atoms with Gasteiger partial charge in [-0.2, -0.15) is 0 Å². The second kappa shape index (κ2) is 13.1. The van der Waals surface area contributed by atoms with Crippen LogP contribution >= 0.6 is 0 Å². The number of allylic oxidation sites excluding steroid dienone is 2. The number of aliphatic carboxylic acids is 2. The summed E-state index contributed by atoms with van der Waals surface area (Å²) in [5, 5.41) is 23.8. The van der Waals surface area contributed by atoms with Crippen molar-refractivity contribution >= 4 is 47.7 Å². The van der Waals surface area contributed by atoms with E-state index in [0.717, 1.165) is 39.1 Å². The lowest BCUT2D eigenvalue weighted by Gasteiger charge is -2.08. The first-order valence-electron chi connectivity index (χ1n) is 15.3. The van der Waals surface area contributed by atoms with Crippen molar-refractivity contribution in [2.24, 2.45) is 16.8 Å². The minimum Gasteiger partial charge on any atom is -0.481 e. The molecule has 0 radical (unpaired) electrons. The lowest BCUT2D eigenvalue weighted by molar-refractivity contribution is -0.142. The van der Waals surface area contributed by atoms with Crippen molar-refractivity contribution in [2.75, 3.05) is 0 Å². The maximum absolute atomic E-state index is 12.4. The highest BCUT2D eigenvalue weighted by molar-refractivity contribution is 6.30. The number of hydrogen-bond donors (Lipinski definition) is 5. The quantitative estimate of drug-likeness (QED) is 0.257. The molecule has 0 saturated carbocycles. The van der Waals surface area contributed by atoms with Gasteiger partial charge < -0.3 is 25.5 Å². The molecule has 238 valence electrons. The number of nitrogens with one attached hydrogen (secondary N) is 3. The van der Waals surface area contributed by atoms with Gasteiger partial charge in [-0.25, -0.2) is 4.99 Å². The van der Waals surface area contributed by atoms with Crippen molar-refractivity contribution in [3.05, 3.63) is 72.3 Å². The van der Waals surface area contributed by atoms with Crippen LogP contribution in [0, 0.1) is 25.7 Å². The predicted molar refractivity (Wildman–Crippen MR) is 174 cm³/mol. The highest BCUT2D eigenvalue weighted by atomic mass is 16.4. The van der Waals surface area contributed by atoms with E-state index in [1.807, 2.05) is 45.9 Å². The Balaban J connectivity index is 1.96. The summed E-state index contributed by atoms with van der Waals surface area (Å²) in [6, 6.07) is 0. The lowest BCUT2D eigenvalue weighted by atomic mass is 9.96. The molecule has 10 nitrogen and oxygen atoms in total. The monoisotopic (exact) mass is 614 g/mol. The number of aromatic amines is 2. The molecule has 0 fully saturated rings. The Labute approximate surface area is 262 Å². The molecule has 0 bridgehead atoms. The van der Waals surface area contributed by atoms with E-state index < -0.39 is 23.8 Å². The number of rotatable bonds is 11. The number of nitrogens with zero attached hydrogens (tertiary/aromatic N) is 1. The normalized spacial score (nSPS) is 18.4. The third-order valence-corrected chi connectivity index (χ3v) is 9.00. The fourth-order valence-corrected chi connectivity index (χ4v) is 5.99. The molecule has 0 saturated heterocycles. The van der Waals surface area contributed by atoms with Crippen LogP contribution in [0.4, 0.5) is 0 Å². The maximum atomic E-state index is 12.4. The molecular weight excluding hydrogens is 572 g/mol. The zero-order valence-electron chi connectivity index (χ0n) is 27.2. The topological polar surface area (TPSA) is 165 Å². The number of carbonyl (C=O) groups excluding carboxylic acids is 2. The highest BCUT2D eigenvalue weighted by Crippen LogP contribution is 2.29. The Morgan fingerprint density at radius 3 is 1.93 bits per heavy atom. The molecule has 0 aromatic carbocycles. The van der Waals surface area contributed by atoms with E-state index in [9.17, 15) is 29.4 Å². The first-order valence-corrected chi connectivity index (χ1v) is 15.3. The van der Waals surface area contributed by atoms with E-state index in [-0.39, 0.29) is 24.7 Å². The van der Waals surface area contributed by atoms with Crippen molar-refractivity contribution in [3.8, 4) is 0 Å². The summed E-state index contributed by atoms with van der Waals surface area (Å²) in [5.74, 6) is -3.55. The number of carboxylic acid groups (broad SMARTS) is 2. The molecule has 0 spiro atoms. The Bertz CT molecular complexity index is 1860. The smallest absolute Gasteiger partial charge is 0.306 e. The minimum absolute atomic E-state index is 0.138. The maximum Gasteiger partial charge on any atom is 0.306 e. The molecule has 2 amide bonds. The number of hydrogen-bond acceptors (Lipinski definition) is 4. The van der Waals surface area contributed by atoms with Gasteiger partial charge >= 0.3 is 11.9 Å². The van der Waals surface area contributed by atoms with E-state index in [0.29, 0.717) is 51.8 Å². The van der Waals surface area contributed by atoms with Gasteiger partial charge in [-0.05, 0) is 105 Å². The summed E-state index contributed by atoms with van der Waals surface area (Å²) in [7, 11) is 0. The first kappa shape index (κ1) is 33.2. The van der Waals surface area contributed by atoms with Gasteiger partial charge in [-0.1, -0.05) is 27.7 Å². The fourth-order valence-electron chi connectivity index (χ4n) is 5.99. The number of carboxylic acids is 2. The lowest BCUT2D eigenvalue weighted by Crippen LogP contribution is -2.19. The van der Waals surface area contributed by atoms with E-state index in [1.165, 1.54) is 0 Å². The predicted octanol–water partition coefficient (Wildman–Crippen LogP) is 4.00. The molecule has 2 aliphatic rings. The van der Waals surface area contributed by atoms with Gasteiger partial charge in [0.25, 0.3) is 11.8 Å². The van der Waals surface area contributed by atoms with Gasteiger partial charge in [-0.3, -0.25) is 19.2 Å². The molecular formula is C35H42N4O6.